The van der Waals surface area contributed by atoms with Crippen LogP contribution in [0.1, 0.15) is 5.56 Å². The Bertz CT molecular complexity index is 635. The van der Waals surface area contributed by atoms with Crippen molar-refractivity contribution in [2.45, 2.75) is 6.42 Å². The highest BCUT2D eigenvalue weighted by molar-refractivity contribution is 14.0. The minimum Gasteiger partial charge on any atom is -0.454 e. The van der Waals surface area contributed by atoms with E-state index in [9.17, 15) is 4.39 Å². The largest absolute Gasteiger partial charge is 0.454 e. The molecule has 2 aromatic rings. The summed E-state index contributed by atoms with van der Waals surface area (Å²) in [4.78, 5) is 4.02. The molecule has 0 aliphatic heterocycles. The predicted octanol–water partition coefficient (Wildman–Crippen LogP) is 3.57. The number of rotatable bonds is 5. The van der Waals surface area contributed by atoms with Gasteiger partial charge in [-0.1, -0.05) is 24.3 Å². The maximum atomic E-state index is 14.1. The third-order valence-electron chi connectivity index (χ3n) is 3.13. The van der Waals surface area contributed by atoms with Crippen molar-refractivity contribution >= 4 is 29.9 Å². The smallest absolute Gasteiger partial charge is 0.190 e. The van der Waals surface area contributed by atoms with E-state index in [4.69, 9.17) is 4.74 Å². The van der Waals surface area contributed by atoms with Crippen LogP contribution in [0.3, 0.4) is 0 Å². The summed E-state index contributed by atoms with van der Waals surface area (Å²) in [6.45, 7) is 0.672. The van der Waals surface area contributed by atoms with Crippen LogP contribution in [0.25, 0.3) is 0 Å². The minimum absolute atomic E-state index is 0. The summed E-state index contributed by atoms with van der Waals surface area (Å²) in [5.41, 5.74) is 0.900. The topological polar surface area (TPSA) is 45.7 Å². The van der Waals surface area contributed by atoms with E-state index in [1.165, 1.54) is 6.07 Å². The number of aliphatic imine (C=N–C) groups is 1. The molecule has 2 N–H and O–H groups in total. The Hall–Kier alpha value is -1.83. The van der Waals surface area contributed by atoms with Crippen molar-refractivity contribution in [3.8, 4) is 11.5 Å². The van der Waals surface area contributed by atoms with Gasteiger partial charge in [-0.2, -0.15) is 0 Å². The van der Waals surface area contributed by atoms with Gasteiger partial charge in [-0.05, 0) is 36.2 Å². The quantitative estimate of drug-likeness (QED) is 0.434. The number of para-hydroxylation sites is 1. The molecule has 0 unspecified atom stereocenters. The molecule has 0 spiro atoms. The predicted molar refractivity (Wildman–Crippen MR) is 102 cm³/mol. The first-order valence-corrected chi connectivity index (χ1v) is 7.12. The Kier molecular flexibility index (Phi) is 8.39. The van der Waals surface area contributed by atoms with Crippen molar-refractivity contribution in [3.63, 3.8) is 0 Å². The average Bonchev–Trinajstić information content (AvgIpc) is 2.55. The maximum Gasteiger partial charge on any atom is 0.190 e. The average molecular weight is 429 g/mol. The molecule has 0 fully saturated rings. The van der Waals surface area contributed by atoms with Crippen LogP contribution in [0.5, 0.6) is 11.5 Å². The number of guanidine groups is 1. The lowest BCUT2D eigenvalue weighted by Crippen LogP contribution is -2.35. The van der Waals surface area contributed by atoms with Gasteiger partial charge in [-0.15, -0.1) is 24.0 Å². The van der Waals surface area contributed by atoms with Crippen LogP contribution in [0, 0.1) is 5.82 Å². The van der Waals surface area contributed by atoms with Crippen LogP contribution in [0.2, 0.25) is 0 Å². The minimum atomic E-state index is -0.362. The van der Waals surface area contributed by atoms with Crippen molar-refractivity contribution < 1.29 is 9.13 Å². The number of hydrogen-bond acceptors (Lipinski definition) is 2. The molecule has 124 valence electrons. The van der Waals surface area contributed by atoms with E-state index >= 15 is 0 Å². The molecule has 0 aliphatic rings. The standard InChI is InChI=1S/C17H20FN3O.HI/c1-19-17(20-2)21-11-10-13-8-9-16(15(18)12-13)22-14-6-4-3-5-7-14;/h3-9,12H,10-11H2,1-2H3,(H2,19,20,21);1H. The van der Waals surface area contributed by atoms with Gasteiger partial charge < -0.3 is 15.4 Å². The maximum absolute atomic E-state index is 14.1. The van der Waals surface area contributed by atoms with Gasteiger partial charge in [0.25, 0.3) is 0 Å². The molecule has 0 atom stereocenters. The zero-order valence-corrected chi connectivity index (χ0v) is 15.5. The first-order valence-electron chi connectivity index (χ1n) is 7.12. The molecule has 2 rings (SSSR count). The summed E-state index contributed by atoms with van der Waals surface area (Å²) >= 11 is 0. The highest BCUT2D eigenvalue weighted by Gasteiger charge is 2.06. The van der Waals surface area contributed by atoms with Crippen LogP contribution >= 0.6 is 24.0 Å². The molecule has 0 saturated carbocycles. The van der Waals surface area contributed by atoms with Crippen LogP contribution in [-0.2, 0) is 6.42 Å². The van der Waals surface area contributed by atoms with Gasteiger partial charge >= 0.3 is 0 Å². The highest BCUT2D eigenvalue weighted by atomic mass is 127. The first kappa shape index (κ1) is 19.2. The Morgan fingerprint density at radius 3 is 2.52 bits per heavy atom. The summed E-state index contributed by atoms with van der Waals surface area (Å²) in [5.74, 6) is 1.20. The fraction of sp³-hybridized carbons (Fsp3) is 0.235. The van der Waals surface area contributed by atoms with E-state index in [0.29, 0.717) is 24.7 Å². The van der Waals surface area contributed by atoms with Crippen molar-refractivity contribution in [1.29, 1.82) is 0 Å². The second kappa shape index (κ2) is 10.0. The van der Waals surface area contributed by atoms with E-state index in [-0.39, 0.29) is 35.5 Å². The van der Waals surface area contributed by atoms with Crippen LogP contribution in [0.15, 0.2) is 53.5 Å². The Morgan fingerprint density at radius 1 is 1.17 bits per heavy atom. The molecular weight excluding hydrogens is 408 g/mol. The van der Waals surface area contributed by atoms with Crippen molar-refractivity contribution in [3.05, 3.63) is 59.9 Å². The third-order valence-corrected chi connectivity index (χ3v) is 3.13. The second-order valence-electron chi connectivity index (χ2n) is 4.68. The number of hydrogen-bond donors (Lipinski definition) is 2. The summed E-state index contributed by atoms with van der Waals surface area (Å²) in [5, 5.41) is 6.06. The van der Waals surface area contributed by atoms with Gasteiger partial charge in [-0.3, -0.25) is 4.99 Å². The molecule has 0 aromatic heterocycles. The Balaban J connectivity index is 0.00000264. The third kappa shape index (κ3) is 6.05. The van der Waals surface area contributed by atoms with E-state index in [1.54, 1.807) is 32.3 Å². The fourth-order valence-electron chi connectivity index (χ4n) is 2.00. The van der Waals surface area contributed by atoms with E-state index in [1.807, 2.05) is 24.3 Å². The van der Waals surface area contributed by atoms with Crippen molar-refractivity contribution in [2.24, 2.45) is 4.99 Å². The molecule has 0 heterocycles. The van der Waals surface area contributed by atoms with Crippen LogP contribution in [0.4, 0.5) is 4.39 Å². The Labute approximate surface area is 153 Å². The number of nitrogens with zero attached hydrogens (tertiary/aromatic N) is 1. The highest BCUT2D eigenvalue weighted by Crippen LogP contribution is 2.24. The zero-order chi connectivity index (χ0) is 15.8. The molecule has 2 aromatic carbocycles. The fourth-order valence-corrected chi connectivity index (χ4v) is 2.00. The molecule has 23 heavy (non-hydrogen) atoms. The molecular formula is C17H21FIN3O. The SMILES string of the molecule is CN=C(NC)NCCc1ccc(Oc2ccccc2)c(F)c1.I. The van der Waals surface area contributed by atoms with Gasteiger partial charge in [-0.25, -0.2) is 4.39 Å². The number of ether oxygens (including phenoxy) is 1. The first-order chi connectivity index (χ1) is 10.7. The van der Waals surface area contributed by atoms with Crippen molar-refractivity contribution in [2.75, 3.05) is 20.6 Å². The van der Waals surface area contributed by atoms with Crippen LogP contribution in [-0.4, -0.2) is 26.6 Å². The van der Waals surface area contributed by atoms with Crippen LogP contribution < -0.4 is 15.4 Å². The number of halogens is 2. The van der Waals surface area contributed by atoms with E-state index in [0.717, 1.165) is 5.56 Å². The molecule has 6 heteroatoms. The zero-order valence-electron chi connectivity index (χ0n) is 13.2. The van der Waals surface area contributed by atoms with Gasteiger partial charge in [0.2, 0.25) is 0 Å². The summed E-state index contributed by atoms with van der Waals surface area (Å²) in [6.07, 6.45) is 0.698. The lowest BCUT2D eigenvalue weighted by molar-refractivity contribution is 0.441. The summed E-state index contributed by atoms with van der Waals surface area (Å²) in [7, 11) is 3.50. The summed E-state index contributed by atoms with van der Waals surface area (Å²) < 4.78 is 19.6. The van der Waals surface area contributed by atoms with E-state index < -0.39 is 0 Å². The lowest BCUT2D eigenvalue weighted by atomic mass is 10.1. The number of nitrogens with one attached hydrogen (secondary N) is 2. The molecule has 0 saturated heterocycles. The monoisotopic (exact) mass is 429 g/mol. The van der Waals surface area contributed by atoms with Gasteiger partial charge in [0, 0.05) is 20.6 Å². The Morgan fingerprint density at radius 2 is 1.91 bits per heavy atom. The lowest BCUT2D eigenvalue weighted by Gasteiger charge is -2.10. The molecule has 0 radical (unpaired) electrons. The normalized spacial score (nSPS) is 10.7. The second-order valence-corrected chi connectivity index (χ2v) is 4.68. The molecule has 0 bridgehead atoms. The van der Waals surface area contributed by atoms with Gasteiger partial charge in [0.15, 0.2) is 17.5 Å². The summed E-state index contributed by atoms with van der Waals surface area (Å²) in [6, 6.07) is 14.2. The molecule has 0 aliphatic carbocycles. The van der Waals surface area contributed by atoms with Gasteiger partial charge in [0.05, 0.1) is 0 Å². The molecule has 4 nitrogen and oxygen atoms in total. The van der Waals surface area contributed by atoms with E-state index in [2.05, 4.69) is 15.6 Å². The van der Waals surface area contributed by atoms with Crippen molar-refractivity contribution in [1.82, 2.24) is 10.6 Å². The number of benzene rings is 2. The van der Waals surface area contributed by atoms with Gasteiger partial charge in [0.1, 0.15) is 5.75 Å². The molecule has 0 amide bonds.